The number of ether oxygens (including phenoxy) is 1. The Kier molecular flexibility index (Phi) is 3.47. The lowest BCUT2D eigenvalue weighted by Crippen LogP contribution is -2.39. The van der Waals surface area contributed by atoms with Crippen LogP contribution in [0, 0.1) is 0 Å². The van der Waals surface area contributed by atoms with Crippen molar-refractivity contribution in [2.75, 3.05) is 24.6 Å². The monoisotopic (exact) mass is 360 g/mol. The first kappa shape index (κ1) is 13.6. The van der Waals surface area contributed by atoms with Gasteiger partial charge in [-0.25, -0.2) is 0 Å². The molecule has 1 aliphatic heterocycles. The van der Waals surface area contributed by atoms with Gasteiger partial charge in [0.25, 0.3) is 0 Å². The molecule has 1 atom stereocenters. The van der Waals surface area contributed by atoms with Crippen molar-refractivity contribution < 1.29 is 4.74 Å². The second kappa shape index (κ2) is 5.62. The van der Waals surface area contributed by atoms with Gasteiger partial charge in [-0.3, -0.25) is 0 Å². The lowest BCUT2D eigenvalue weighted by molar-refractivity contribution is 0.0390. The summed E-state index contributed by atoms with van der Waals surface area (Å²) >= 11 is 3.59. The summed E-state index contributed by atoms with van der Waals surface area (Å²) in [4.78, 5) is 2.19. The van der Waals surface area contributed by atoms with Crippen LogP contribution in [0.3, 0.4) is 0 Å². The van der Waals surface area contributed by atoms with E-state index in [-0.39, 0.29) is 6.10 Å². The molecule has 4 rings (SSSR count). The van der Waals surface area contributed by atoms with Crippen LogP contribution in [0.2, 0.25) is 0 Å². The summed E-state index contributed by atoms with van der Waals surface area (Å²) in [6.45, 7) is 2.19. The molecule has 0 bridgehead atoms. The minimum absolute atomic E-state index is 0.00990. The molecule has 22 heavy (non-hydrogen) atoms. The molecule has 0 radical (unpaired) electrons. The standard InChI is InChI=1S/C14H13BrN6O/c15-11-4-2-1-3-10(11)12-9-20(7-8-22-12)14-6-5-13-16-18-19-21(13)17-14/h1-6,12H,7-9H2. The van der Waals surface area contributed by atoms with Gasteiger partial charge in [-0.2, -0.15) is 0 Å². The average Bonchev–Trinajstić information content (AvgIpc) is 3.03. The van der Waals surface area contributed by atoms with E-state index in [1.807, 2.05) is 30.3 Å². The van der Waals surface area contributed by atoms with E-state index in [4.69, 9.17) is 4.74 Å². The van der Waals surface area contributed by atoms with Crippen molar-refractivity contribution in [2.24, 2.45) is 0 Å². The Labute approximate surface area is 135 Å². The second-order valence-corrected chi connectivity index (χ2v) is 5.90. The molecule has 0 N–H and O–H groups in total. The highest BCUT2D eigenvalue weighted by Crippen LogP contribution is 2.29. The summed E-state index contributed by atoms with van der Waals surface area (Å²) < 4.78 is 8.43. The van der Waals surface area contributed by atoms with E-state index in [2.05, 4.69) is 47.5 Å². The number of hydrogen-bond acceptors (Lipinski definition) is 6. The van der Waals surface area contributed by atoms with Gasteiger partial charge in [0.05, 0.1) is 6.61 Å². The second-order valence-electron chi connectivity index (χ2n) is 5.05. The van der Waals surface area contributed by atoms with Crippen LogP contribution >= 0.6 is 15.9 Å². The quantitative estimate of drug-likeness (QED) is 0.694. The van der Waals surface area contributed by atoms with Crippen molar-refractivity contribution in [1.29, 1.82) is 0 Å². The number of hydrogen-bond donors (Lipinski definition) is 0. The van der Waals surface area contributed by atoms with Crippen molar-refractivity contribution in [3.63, 3.8) is 0 Å². The number of morpholine rings is 1. The third-order valence-corrected chi connectivity index (χ3v) is 4.42. The molecule has 7 nitrogen and oxygen atoms in total. The predicted molar refractivity (Wildman–Crippen MR) is 83.6 cm³/mol. The molecule has 3 aromatic rings. The molecule has 0 spiro atoms. The number of fused-ring (bicyclic) bond motifs is 1. The Balaban J connectivity index is 1.61. The number of aromatic nitrogens is 5. The number of benzene rings is 1. The van der Waals surface area contributed by atoms with Crippen LogP contribution in [-0.2, 0) is 4.74 Å². The van der Waals surface area contributed by atoms with E-state index in [0.717, 1.165) is 28.9 Å². The van der Waals surface area contributed by atoms with Crippen molar-refractivity contribution in [3.05, 3.63) is 46.4 Å². The lowest BCUT2D eigenvalue weighted by atomic mass is 10.1. The van der Waals surface area contributed by atoms with Crippen molar-refractivity contribution in [1.82, 2.24) is 25.3 Å². The zero-order valence-corrected chi connectivity index (χ0v) is 13.2. The van der Waals surface area contributed by atoms with E-state index >= 15 is 0 Å². The molecule has 8 heteroatoms. The third kappa shape index (κ3) is 2.44. The molecule has 2 aromatic heterocycles. The lowest BCUT2D eigenvalue weighted by Gasteiger charge is -2.34. The zero-order chi connectivity index (χ0) is 14.9. The van der Waals surface area contributed by atoms with Crippen LogP contribution in [0.15, 0.2) is 40.9 Å². The number of anilines is 1. The van der Waals surface area contributed by atoms with E-state index < -0.39 is 0 Å². The largest absolute Gasteiger partial charge is 0.370 e. The summed E-state index contributed by atoms with van der Waals surface area (Å²) in [6.07, 6.45) is 0.00990. The molecule has 1 aliphatic rings. The molecule has 1 fully saturated rings. The summed E-state index contributed by atoms with van der Waals surface area (Å²) in [5.41, 5.74) is 1.79. The van der Waals surface area contributed by atoms with Gasteiger partial charge < -0.3 is 9.64 Å². The SMILES string of the molecule is Brc1ccccc1C1CN(c2ccc3nnnn3n2)CCO1. The third-order valence-electron chi connectivity index (χ3n) is 3.70. The highest BCUT2D eigenvalue weighted by Gasteiger charge is 2.24. The molecule has 112 valence electrons. The van der Waals surface area contributed by atoms with Gasteiger partial charge in [0.15, 0.2) is 11.5 Å². The summed E-state index contributed by atoms with van der Waals surface area (Å²) in [5, 5.41) is 15.8. The van der Waals surface area contributed by atoms with Gasteiger partial charge in [-0.1, -0.05) is 34.1 Å². The first-order valence-electron chi connectivity index (χ1n) is 6.98. The Bertz CT molecular complexity index is 807. The van der Waals surface area contributed by atoms with Crippen molar-refractivity contribution in [2.45, 2.75) is 6.10 Å². The maximum atomic E-state index is 5.92. The van der Waals surface area contributed by atoms with E-state index in [0.29, 0.717) is 12.3 Å². The molecular weight excluding hydrogens is 348 g/mol. The first-order chi connectivity index (χ1) is 10.8. The maximum Gasteiger partial charge on any atom is 0.200 e. The Morgan fingerprint density at radius 1 is 1.18 bits per heavy atom. The maximum absolute atomic E-state index is 5.92. The molecule has 1 saturated heterocycles. The van der Waals surface area contributed by atoms with Gasteiger partial charge in [-0.15, -0.1) is 14.8 Å². The number of halogens is 1. The van der Waals surface area contributed by atoms with E-state index in [9.17, 15) is 0 Å². The van der Waals surface area contributed by atoms with E-state index in [1.54, 1.807) is 0 Å². The topological polar surface area (TPSA) is 68.4 Å². The Morgan fingerprint density at radius 3 is 3.00 bits per heavy atom. The van der Waals surface area contributed by atoms with Crippen LogP contribution in [0.4, 0.5) is 5.82 Å². The van der Waals surface area contributed by atoms with Crippen LogP contribution in [0.5, 0.6) is 0 Å². The molecule has 1 aromatic carbocycles. The van der Waals surface area contributed by atoms with Crippen LogP contribution in [0.25, 0.3) is 5.65 Å². The fourth-order valence-electron chi connectivity index (χ4n) is 2.59. The normalized spacial score (nSPS) is 18.8. The molecule has 3 heterocycles. The van der Waals surface area contributed by atoms with E-state index in [1.165, 1.54) is 4.63 Å². The average molecular weight is 361 g/mol. The van der Waals surface area contributed by atoms with Crippen LogP contribution < -0.4 is 4.90 Å². The number of rotatable bonds is 2. The number of tetrazole rings is 1. The van der Waals surface area contributed by atoms with Crippen molar-refractivity contribution >= 4 is 27.4 Å². The molecule has 0 amide bonds. The minimum atomic E-state index is 0.00990. The summed E-state index contributed by atoms with van der Waals surface area (Å²) in [5.74, 6) is 0.847. The van der Waals surface area contributed by atoms with Crippen LogP contribution in [-0.4, -0.2) is 45.0 Å². The predicted octanol–water partition coefficient (Wildman–Crippen LogP) is 1.86. The Morgan fingerprint density at radius 2 is 2.09 bits per heavy atom. The van der Waals surface area contributed by atoms with Gasteiger partial charge >= 0.3 is 0 Å². The molecule has 1 unspecified atom stereocenters. The smallest absolute Gasteiger partial charge is 0.200 e. The fourth-order valence-corrected chi connectivity index (χ4v) is 3.13. The molecule has 0 aliphatic carbocycles. The summed E-state index contributed by atoms with van der Waals surface area (Å²) in [7, 11) is 0. The summed E-state index contributed by atoms with van der Waals surface area (Å²) in [6, 6.07) is 11.9. The fraction of sp³-hybridized carbons (Fsp3) is 0.286. The van der Waals surface area contributed by atoms with Gasteiger partial charge in [0.2, 0.25) is 0 Å². The zero-order valence-electron chi connectivity index (χ0n) is 11.6. The Hall–Kier alpha value is -2.06. The van der Waals surface area contributed by atoms with Gasteiger partial charge in [0.1, 0.15) is 6.10 Å². The van der Waals surface area contributed by atoms with Gasteiger partial charge in [0, 0.05) is 17.6 Å². The molecular formula is C14H13BrN6O. The molecule has 0 saturated carbocycles. The first-order valence-corrected chi connectivity index (χ1v) is 7.77. The highest BCUT2D eigenvalue weighted by atomic mass is 79.9. The van der Waals surface area contributed by atoms with Crippen molar-refractivity contribution in [3.8, 4) is 0 Å². The number of nitrogens with zero attached hydrogens (tertiary/aromatic N) is 6. The van der Waals surface area contributed by atoms with Crippen LogP contribution in [0.1, 0.15) is 11.7 Å². The van der Waals surface area contributed by atoms with Gasteiger partial charge in [-0.05, 0) is 34.2 Å². The minimum Gasteiger partial charge on any atom is -0.370 e. The highest BCUT2D eigenvalue weighted by molar-refractivity contribution is 9.10.